The molecule has 1 saturated heterocycles. The largest absolute Gasteiger partial charge is 0.299 e. The van der Waals surface area contributed by atoms with E-state index in [0.717, 1.165) is 25.2 Å². The highest BCUT2D eigenvalue weighted by Gasteiger charge is 2.25. The zero-order chi connectivity index (χ0) is 14.6. The third kappa shape index (κ3) is 4.05. The first kappa shape index (κ1) is 15.0. The number of hydrogen-bond donors (Lipinski definition) is 2. The van der Waals surface area contributed by atoms with Crippen LogP contribution in [0.2, 0.25) is 0 Å². The molecule has 4 heteroatoms. The molecule has 1 fully saturated rings. The van der Waals surface area contributed by atoms with Crippen molar-refractivity contribution < 1.29 is 4.79 Å². The molecule has 2 rings (SSSR count). The second-order valence-corrected chi connectivity index (χ2v) is 6.45. The van der Waals surface area contributed by atoms with Gasteiger partial charge in [-0.3, -0.25) is 15.1 Å². The summed E-state index contributed by atoms with van der Waals surface area (Å²) >= 11 is 0. The third-order valence-corrected chi connectivity index (χ3v) is 4.23. The number of carbonyl (C=O) groups excluding carboxylic acids is 1. The molecule has 3 N–H and O–H groups in total. The first-order valence-corrected chi connectivity index (χ1v) is 7.29. The molecule has 1 aromatic rings. The van der Waals surface area contributed by atoms with Gasteiger partial charge in [0.05, 0.1) is 6.42 Å². The summed E-state index contributed by atoms with van der Waals surface area (Å²) < 4.78 is 0. The van der Waals surface area contributed by atoms with E-state index in [0.29, 0.717) is 11.8 Å². The summed E-state index contributed by atoms with van der Waals surface area (Å²) in [4.78, 5) is 13.9. The van der Waals surface area contributed by atoms with Crippen molar-refractivity contribution in [2.75, 3.05) is 13.1 Å². The van der Waals surface area contributed by atoms with Crippen molar-refractivity contribution in [1.29, 1.82) is 0 Å². The van der Waals surface area contributed by atoms with Gasteiger partial charge in [-0.1, -0.05) is 38.1 Å². The number of likely N-dealkylation sites (tertiary alicyclic amines) is 1. The minimum atomic E-state index is -0.141. The molecule has 1 amide bonds. The average Bonchev–Trinajstić information content (AvgIpc) is 2.43. The Morgan fingerprint density at radius 2 is 1.85 bits per heavy atom. The van der Waals surface area contributed by atoms with E-state index in [1.807, 2.05) is 18.2 Å². The van der Waals surface area contributed by atoms with Gasteiger partial charge in [-0.25, -0.2) is 5.84 Å². The maximum atomic E-state index is 11.5. The second-order valence-electron chi connectivity index (χ2n) is 6.45. The summed E-state index contributed by atoms with van der Waals surface area (Å²) in [5.74, 6) is 5.03. The normalized spacial score (nSPS) is 18.8. The fraction of sp³-hybridized carbons (Fsp3) is 0.562. The van der Waals surface area contributed by atoms with Gasteiger partial charge in [0.2, 0.25) is 5.91 Å². The predicted molar refractivity (Wildman–Crippen MR) is 80.8 cm³/mol. The molecule has 20 heavy (non-hydrogen) atoms. The van der Waals surface area contributed by atoms with Gasteiger partial charge >= 0.3 is 0 Å². The number of piperidine rings is 1. The van der Waals surface area contributed by atoms with Crippen molar-refractivity contribution in [2.24, 2.45) is 11.3 Å². The van der Waals surface area contributed by atoms with Gasteiger partial charge in [-0.05, 0) is 42.5 Å². The summed E-state index contributed by atoms with van der Waals surface area (Å²) in [6.07, 6.45) is 2.82. The average molecular weight is 275 g/mol. The number of rotatable bonds is 4. The van der Waals surface area contributed by atoms with Crippen molar-refractivity contribution in [3.05, 3.63) is 35.4 Å². The lowest BCUT2D eigenvalue weighted by atomic mass is 9.82. The Morgan fingerprint density at radius 3 is 2.45 bits per heavy atom. The first-order chi connectivity index (χ1) is 9.50. The lowest BCUT2D eigenvalue weighted by molar-refractivity contribution is -0.120. The fourth-order valence-electron chi connectivity index (χ4n) is 2.67. The first-order valence-electron chi connectivity index (χ1n) is 7.29. The van der Waals surface area contributed by atoms with E-state index in [4.69, 9.17) is 5.84 Å². The smallest absolute Gasteiger partial charge is 0.238 e. The molecule has 110 valence electrons. The molecule has 0 aliphatic carbocycles. The van der Waals surface area contributed by atoms with Crippen LogP contribution in [0.15, 0.2) is 24.3 Å². The Hall–Kier alpha value is -1.39. The number of nitrogens with one attached hydrogen (secondary N) is 1. The molecule has 0 radical (unpaired) electrons. The summed E-state index contributed by atoms with van der Waals surface area (Å²) in [6.45, 7) is 7.85. The maximum absolute atomic E-state index is 11.5. The lowest BCUT2D eigenvalue weighted by Crippen LogP contribution is -2.37. The molecule has 1 heterocycles. The van der Waals surface area contributed by atoms with Gasteiger partial charge in [0.15, 0.2) is 0 Å². The van der Waals surface area contributed by atoms with Crippen LogP contribution in [0, 0.1) is 5.41 Å². The van der Waals surface area contributed by atoms with E-state index in [9.17, 15) is 4.79 Å². The van der Waals surface area contributed by atoms with Crippen LogP contribution in [0.1, 0.15) is 37.8 Å². The fourth-order valence-corrected chi connectivity index (χ4v) is 2.67. The summed E-state index contributed by atoms with van der Waals surface area (Å²) in [7, 11) is 0. The number of hydrogen-bond acceptors (Lipinski definition) is 3. The van der Waals surface area contributed by atoms with Gasteiger partial charge in [-0.15, -0.1) is 0 Å². The summed E-state index contributed by atoms with van der Waals surface area (Å²) in [6, 6.07) is 8.13. The highest BCUT2D eigenvalue weighted by molar-refractivity contribution is 5.78. The van der Waals surface area contributed by atoms with Gasteiger partial charge in [-0.2, -0.15) is 0 Å². The molecule has 1 aliphatic heterocycles. The zero-order valence-corrected chi connectivity index (χ0v) is 12.5. The van der Waals surface area contributed by atoms with Gasteiger partial charge < -0.3 is 0 Å². The van der Waals surface area contributed by atoms with Gasteiger partial charge in [0, 0.05) is 6.54 Å². The molecular formula is C16H25N3O. The molecule has 1 aliphatic rings. The van der Waals surface area contributed by atoms with Crippen LogP contribution < -0.4 is 11.3 Å². The summed E-state index contributed by atoms with van der Waals surface area (Å²) in [5, 5.41) is 0. The van der Waals surface area contributed by atoms with Crippen LogP contribution >= 0.6 is 0 Å². The number of hydrazine groups is 1. The monoisotopic (exact) mass is 275 g/mol. The SMILES string of the molecule is CC1(C)CCN(Cc2ccccc2CC(=O)NN)CC1. The molecule has 0 unspecified atom stereocenters. The van der Waals surface area contributed by atoms with Crippen LogP contribution in [0.25, 0.3) is 0 Å². The second kappa shape index (κ2) is 6.37. The minimum Gasteiger partial charge on any atom is -0.299 e. The highest BCUT2D eigenvalue weighted by Crippen LogP contribution is 2.30. The van der Waals surface area contributed by atoms with Crippen LogP contribution in [-0.4, -0.2) is 23.9 Å². The highest BCUT2D eigenvalue weighted by atomic mass is 16.2. The van der Waals surface area contributed by atoms with E-state index >= 15 is 0 Å². The van der Waals surface area contributed by atoms with Crippen LogP contribution in [0.3, 0.4) is 0 Å². The lowest BCUT2D eigenvalue weighted by Gasteiger charge is -2.37. The zero-order valence-electron chi connectivity index (χ0n) is 12.5. The maximum Gasteiger partial charge on any atom is 0.238 e. The number of amides is 1. The van der Waals surface area contributed by atoms with E-state index in [-0.39, 0.29) is 5.91 Å². The molecule has 4 nitrogen and oxygen atoms in total. The standard InChI is InChI=1S/C16H25N3O/c1-16(2)7-9-19(10-8-16)12-14-6-4-3-5-13(14)11-15(20)18-17/h3-6H,7-12,17H2,1-2H3,(H,18,20). The molecular weight excluding hydrogens is 250 g/mol. The van der Waals surface area contributed by atoms with E-state index < -0.39 is 0 Å². The van der Waals surface area contributed by atoms with Gasteiger partial charge in [0.1, 0.15) is 0 Å². The molecule has 0 spiro atoms. The van der Waals surface area contributed by atoms with Crippen molar-refractivity contribution in [3.8, 4) is 0 Å². The van der Waals surface area contributed by atoms with Gasteiger partial charge in [0.25, 0.3) is 0 Å². The Balaban J connectivity index is 2.01. The number of nitrogens with two attached hydrogens (primary N) is 1. The number of nitrogens with zero attached hydrogens (tertiary/aromatic N) is 1. The van der Waals surface area contributed by atoms with E-state index in [2.05, 4.69) is 30.2 Å². The number of carbonyl (C=O) groups is 1. The predicted octanol–water partition coefficient (Wildman–Crippen LogP) is 1.84. The van der Waals surface area contributed by atoms with Crippen LogP contribution in [-0.2, 0) is 17.8 Å². The molecule has 0 saturated carbocycles. The molecule has 1 aromatic carbocycles. The molecule has 0 aromatic heterocycles. The van der Waals surface area contributed by atoms with Crippen LogP contribution in [0.5, 0.6) is 0 Å². The van der Waals surface area contributed by atoms with Crippen molar-refractivity contribution in [1.82, 2.24) is 10.3 Å². The summed E-state index contributed by atoms with van der Waals surface area (Å²) in [5.41, 5.74) is 4.97. The Labute approximate surface area is 121 Å². The van der Waals surface area contributed by atoms with Crippen molar-refractivity contribution >= 4 is 5.91 Å². The third-order valence-electron chi connectivity index (χ3n) is 4.23. The quantitative estimate of drug-likeness (QED) is 0.501. The van der Waals surface area contributed by atoms with E-state index in [1.54, 1.807) is 0 Å². The van der Waals surface area contributed by atoms with E-state index in [1.165, 1.54) is 18.4 Å². The van der Waals surface area contributed by atoms with Crippen molar-refractivity contribution in [2.45, 2.75) is 39.7 Å². The molecule has 0 atom stereocenters. The van der Waals surface area contributed by atoms with Crippen LogP contribution in [0.4, 0.5) is 0 Å². The van der Waals surface area contributed by atoms with Crippen molar-refractivity contribution in [3.63, 3.8) is 0 Å². The topological polar surface area (TPSA) is 58.4 Å². The number of benzene rings is 1. The Bertz CT molecular complexity index is 461. The minimum absolute atomic E-state index is 0.141. The Morgan fingerprint density at radius 1 is 1.25 bits per heavy atom. The Kier molecular flexibility index (Phi) is 4.78. The molecule has 0 bridgehead atoms.